The molecule has 1 heteroatoms. The first-order chi connectivity index (χ1) is 10.3. The Labute approximate surface area is 123 Å². The molecule has 0 saturated carbocycles. The predicted molar refractivity (Wildman–Crippen MR) is 88.5 cm³/mol. The van der Waals surface area contributed by atoms with E-state index >= 15 is 0 Å². The van der Waals surface area contributed by atoms with Gasteiger partial charge in [-0.25, -0.2) is 0 Å². The number of hydrogen-bond acceptors (Lipinski definition) is 1. The molecule has 0 bridgehead atoms. The fraction of sp³-hybridized carbons (Fsp3) is 0.100. The molecule has 0 aliphatic carbocycles. The summed E-state index contributed by atoms with van der Waals surface area (Å²) in [5, 5.41) is 2.36. The van der Waals surface area contributed by atoms with Crippen LogP contribution in [0, 0.1) is 0 Å². The van der Waals surface area contributed by atoms with Crippen LogP contribution in [0.15, 0.2) is 71.1 Å². The van der Waals surface area contributed by atoms with Gasteiger partial charge in [-0.05, 0) is 41.3 Å². The zero-order valence-electron chi connectivity index (χ0n) is 12.0. The molecule has 1 heterocycles. The second-order valence-corrected chi connectivity index (χ2v) is 5.36. The lowest BCUT2D eigenvalue weighted by Gasteiger charge is -2.03. The molecule has 0 atom stereocenters. The van der Waals surface area contributed by atoms with Gasteiger partial charge < -0.3 is 4.42 Å². The van der Waals surface area contributed by atoms with Gasteiger partial charge in [0.05, 0.1) is 0 Å². The normalized spacial score (nSPS) is 11.3. The molecule has 0 saturated heterocycles. The maximum atomic E-state index is 5.88. The van der Waals surface area contributed by atoms with Gasteiger partial charge in [-0.2, -0.15) is 0 Å². The Bertz CT molecular complexity index is 914. The fourth-order valence-corrected chi connectivity index (χ4v) is 2.84. The second-order valence-electron chi connectivity index (χ2n) is 5.36. The smallest absolute Gasteiger partial charge is 0.135 e. The monoisotopic (exact) mass is 272 g/mol. The van der Waals surface area contributed by atoms with E-state index in [9.17, 15) is 0 Å². The molecule has 0 aliphatic heterocycles. The highest BCUT2D eigenvalue weighted by atomic mass is 16.3. The molecule has 0 radical (unpaired) electrons. The summed E-state index contributed by atoms with van der Waals surface area (Å²) in [6, 6.07) is 23.4. The third-order valence-electron chi connectivity index (χ3n) is 4.07. The Morgan fingerprint density at radius 3 is 2.24 bits per heavy atom. The van der Waals surface area contributed by atoms with Crippen LogP contribution in [0.4, 0.5) is 0 Å². The van der Waals surface area contributed by atoms with Gasteiger partial charge in [0.2, 0.25) is 0 Å². The number of benzene rings is 3. The first kappa shape index (κ1) is 12.2. The van der Waals surface area contributed by atoms with Crippen molar-refractivity contribution >= 4 is 21.9 Å². The Hall–Kier alpha value is -2.54. The van der Waals surface area contributed by atoms with E-state index in [1.807, 2.05) is 12.1 Å². The lowest BCUT2D eigenvalue weighted by Crippen LogP contribution is -1.81. The minimum absolute atomic E-state index is 0.949. The quantitative estimate of drug-likeness (QED) is 0.448. The van der Waals surface area contributed by atoms with Crippen molar-refractivity contribution in [3.63, 3.8) is 0 Å². The third kappa shape index (κ3) is 2.02. The Balaban J connectivity index is 1.90. The summed E-state index contributed by atoms with van der Waals surface area (Å²) in [6.07, 6.45) is 1.08. The highest BCUT2D eigenvalue weighted by Gasteiger charge is 2.07. The van der Waals surface area contributed by atoms with Crippen molar-refractivity contribution in [2.45, 2.75) is 13.3 Å². The predicted octanol–water partition coefficient (Wildman–Crippen LogP) is 5.82. The first-order valence-corrected chi connectivity index (χ1v) is 7.36. The highest BCUT2D eigenvalue weighted by Crippen LogP contribution is 2.32. The molecule has 3 aromatic carbocycles. The summed E-state index contributed by atoms with van der Waals surface area (Å²) >= 11 is 0. The van der Waals surface area contributed by atoms with Crippen LogP contribution in [0.2, 0.25) is 0 Å². The molecular weight excluding hydrogens is 256 g/mol. The minimum atomic E-state index is 0.949. The van der Waals surface area contributed by atoms with Crippen molar-refractivity contribution < 1.29 is 4.42 Å². The summed E-state index contributed by atoms with van der Waals surface area (Å²) in [5.74, 6) is 0. The maximum absolute atomic E-state index is 5.88. The Morgan fingerprint density at radius 2 is 1.43 bits per heavy atom. The van der Waals surface area contributed by atoms with Gasteiger partial charge in [0.15, 0.2) is 0 Å². The Morgan fingerprint density at radius 1 is 0.714 bits per heavy atom. The van der Waals surface area contributed by atoms with Crippen LogP contribution in [0.5, 0.6) is 0 Å². The zero-order valence-corrected chi connectivity index (χ0v) is 12.0. The van der Waals surface area contributed by atoms with Crippen molar-refractivity contribution in [2.75, 3.05) is 0 Å². The van der Waals surface area contributed by atoms with Crippen molar-refractivity contribution in [1.82, 2.24) is 0 Å². The van der Waals surface area contributed by atoms with Crippen molar-refractivity contribution in [3.8, 4) is 11.1 Å². The number of hydrogen-bond donors (Lipinski definition) is 0. The average Bonchev–Trinajstić information content (AvgIpc) is 2.93. The van der Waals surface area contributed by atoms with E-state index in [1.54, 1.807) is 0 Å². The SMILES string of the molecule is CCc1ccc(-c2ccc3oc4ccccc4c3c2)cc1. The highest BCUT2D eigenvalue weighted by molar-refractivity contribution is 6.06. The summed E-state index contributed by atoms with van der Waals surface area (Å²) in [6.45, 7) is 2.18. The van der Waals surface area contributed by atoms with Crippen molar-refractivity contribution in [3.05, 3.63) is 72.3 Å². The second kappa shape index (κ2) is 4.78. The topological polar surface area (TPSA) is 13.1 Å². The molecular formula is C20H16O. The van der Waals surface area contributed by atoms with E-state index in [-0.39, 0.29) is 0 Å². The molecule has 0 spiro atoms. The molecule has 1 nitrogen and oxygen atoms in total. The van der Waals surface area contributed by atoms with Crippen LogP contribution in [0.1, 0.15) is 12.5 Å². The lowest BCUT2D eigenvalue weighted by atomic mass is 10.0. The molecule has 0 amide bonds. The number of aryl methyl sites for hydroxylation is 1. The van der Waals surface area contributed by atoms with E-state index in [0.717, 1.165) is 17.6 Å². The standard InChI is InChI=1S/C20H16O/c1-2-14-7-9-15(10-8-14)16-11-12-20-18(13-16)17-5-3-4-6-19(17)21-20/h3-13H,2H2,1H3. The van der Waals surface area contributed by atoms with E-state index in [1.165, 1.54) is 27.5 Å². The fourth-order valence-electron chi connectivity index (χ4n) is 2.84. The summed E-state index contributed by atoms with van der Waals surface area (Å²) in [5.41, 5.74) is 5.75. The van der Waals surface area contributed by atoms with Crippen LogP contribution in [-0.4, -0.2) is 0 Å². The van der Waals surface area contributed by atoms with Crippen LogP contribution in [-0.2, 0) is 6.42 Å². The molecule has 102 valence electrons. The molecule has 4 aromatic rings. The zero-order chi connectivity index (χ0) is 14.2. The van der Waals surface area contributed by atoms with Crippen molar-refractivity contribution in [1.29, 1.82) is 0 Å². The number of fused-ring (bicyclic) bond motifs is 3. The Kier molecular flexibility index (Phi) is 2.78. The van der Waals surface area contributed by atoms with Gasteiger partial charge in [0.1, 0.15) is 11.2 Å². The van der Waals surface area contributed by atoms with Crippen LogP contribution < -0.4 is 0 Å². The van der Waals surface area contributed by atoms with E-state index in [2.05, 4.69) is 61.5 Å². The summed E-state index contributed by atoms with van der Waals surface area (Å²) in [4.78, 5) is 0. The minimum Gasteiger partial charge on any atom is -0.456 e. The van der Waals surface area contributed by atoms with E-state index in [4.69, 9.17) is 4.42 Å². The van der Waals surface area contributed by atoms with Crippen LogP contribution >= 0.6 is 0 Å². The summed E-state index contributed by atoms with van der Waals surface area (Å²) in [7, 11) is 0. The largest absolute Gasteiger partial charge is 0.456 e. The molecule has 0 fully saturated rings. The molecule has 4 rings (SSSR count). The van der Waals surface area contributed by atoms with E-state index in [0.29, 0.717) is 0 Å². The maximum Gasteiger partial charge on any atom is 0.135 e. The van der Waals surface area contributed by atoms with E-state index < -0.39 is 0 Å². The number of furan rings is 1. The number of para-hydroxylation sites is 1. The van der Waals surface area contributed by atoms with Gasteiger partial charge in [-0.3, -0.25) is 0 Å². The van der Waals surface area contributed by atoms with Gasteiger partial charge >= 0.3 is 0 Å². The average molecular weight is 272 g/mol. The van der Waals surface area contributed by atoms with Gasteiger partial charge in [0.25, 0.3) is 0 Å². The van der Waals surface area contributed by atoms with Gasteiger partial charge in [-0.15, -0.1) is 0 Å². The first-order valence-electron chi connectivity index (χ1n) is 7.36. The third-order valence-corrected chi connectivity index (χ3v) is 4.07. The van der Waals surface area contributed by atoms with Gasteiger partial charge in [0, 0.05) is 10.8 Å². The van der Waals surface area contributed by atoms with Crippen LogP contribution in [0.25, 0.3) is 33.1 Å². The summed E-state index contributed by atoms with van der Waals surface area (Å²) < 4.78 is 5.88. The molecule has 0 aliphatic rings. The number of rotatable bonds is 2. The lowest BCUT2D eigenvalue weighted by molar-refractivity contribution is 0.669. The van der Waals surface area contributed by atoms with Gasteiger partial charge in [-0.1, -0.05) is 55.5 Å². The van der Waals surface area contributed by atoms with Crippen molar-refractivity contribution in [2.24, 2.45) is 0 Å². The van der Waals surface area contributed by atoms with Crippen LogP contribution in [0.3, 0.4) is 0 Å². The molecule has 1 aromatic heterocycles. The molecule has 0 unspecified atom stereocenters. The molecule has 0 N–H and O–H groups in total. The molecule has 21 heavy (non-hydrogen) atoms.